The molecule has 14 heavy (non-hydrogen) atoms. The molecule has 0 rings (SSSR count). The Hall–Kier alpha value is -0.420. The second-order valence-corrected chi connectivity index (χ2v) is 4.89. The molecule has 0 spiro atoms. The van der Waals surface area contributed by atoms with E-state index >= 15 is 0 Å². The summed E-state index contributed by atoms with van der Waals surface area (Å²) in [5.41, 5.74) is 0. The normalized spacial score (nSPS) is 14.8. The standard InChI is InChI=1S/C9H19NO3S/c1-4-13-7-9(11)10-6-5-8(2)14(3)12/h8H,4-7H2,1-3H3,(H,10,11). The molecule has 1 N–H and O–H groups in total. The van der Waals surface area contributed by atoms with Crippen molar-refractivity contribution < 1.29 is 13.7 Å². The molecule has 0 aliphatic carbocycles. The van der Waals surface area contributed by atoms with Crippen LogP contribution in [0.3, 0.4) is 0 Å². The van der Waals surface area contributed by atoms with E-state index in [1.54, 1.807) is 6.26 Å². The molecule has 2 unspecified atom stereocenters. The highest BCUT2D eigenvalue weighted by molar-refractivity contribution is 7.84. The minimum atomic E-state index is -0.813. The van der Waals surface area contributed by atoms with E-state index in [9.17, 15) is 9.00 Å². The Balaban J connectivity index is 3.44. The van der Waals surface area contributed by atoms with Crippen molar-refractivity contribution in [3.05, 3.63) is 0 Å². The Morgan fingerprint density at radius 3 is 2.71 bits per heavy atom. The summed E-state index contributed by atoms with van der Waals surface area (Å²) in [5.74, 6) is -0.110. The van der Waals surface area contributed by atoms with E-state index in [1.165, 1.54) is 0 Å². The van der Waals surface area contributed by atoms with Gasteiger partial charge >= 0.3 is 0 Å². The zero-order chi connectivity index (χ0) is 11.0. The molecule has 0 heterocycles. The van der Waals surface area contributed by atoms with Crippen molar-refractivity contribution in [1.82, 2.24) is 5.32 Å². The fourth-order valence-electron chi connectivity index (χ4n) is 0.827. The third-order valence-corrected chi connectivity index (χ3v) is 3.25. The van der Waals surface area contributed by atoms with Gasteiger partial charge in [-0.05, 0) is 13.3 Å². The third kappa shape index (κ3) is 7.03. The number of ether oxygens (including phenoxy) is 1. The number of nitrogens with one attached hydrogen (secondary N) is 1. The molecule has 2 atom stereocenters. The van der Waals surface area contributed by atoms with Gasteiger partial charge in [0.05, 0.1) is 0 Å². The lowest BCUT2D eigenvalue weighted by atomic mass is 10.3. The van der Waals surface area contributed by atoms with Gasteiger partial charge in [-0.1, -0.05) is 6.92 Å². The maximum atomic E-state index is 11.0. The fraction of sp³-hybridized carbons (Fsp3) is 0.889. The Kier molecular flexibility index (Phi) is 7.70. The highest BCUT2D eigenvalue weighted by Crippen LogP contribution is 1.96. The lowest BCUT2D eigenvalue weighted by molar-refractivity contribution is -0.125. The van der Waals surface area contributed by atoms with Gasteiger partial charge < -0.3 is 10.1 Å². The van der Waals surface area contributed by atoms with Gasteiger partial charge in [0.1, 0.15) is 6.61 Å². The highest BCUT2D eigenvalue weighted by atomic mass is 32.2. The van der Waals surface area contributed by atoms with Crippen LogP contribution in [0, 0.1) is 0 Å². The summed E-state index contributed by atoms with van der Waals surface area (Å²) in [6, 6.07) is 0. The van der Waals surface area contributed by atoms with Gasteiger partial charge in [0.2, 0.25) is 5.91 Å². The van der Waals surface area contributed by atoms with Crippen molar-refractivity contribution in [2.75, 3.05) is 26.0 Å². The molecule has 0 fully saturated rings. The first kappa shape index (κ1) is 13.6. The Morgan fingerprint density at radius 1 is 1.57 bits per heavy atom. The molecule has 84 valence electrons. The first-order chi connectivity index (χ1) is 6.57. The Labute approximate surface area is 87.9 Å². The summed E-state index contributed by atoms with van der Waals surface area (Å²) in [7, 11) is -0.813. The molecule has 4 nitrogen and oxygen atoms in total. The highest BCUT2D eigenvalue weighted by Gasteiger charge is 2.06. The van der Waals surface area contributed by atoms with Crippen LogP contribution in [-0.4, -0.2) is 41.4 Å². The van der Waals surface area contributed by atoms with Crippen LogP contribution in [0.15, 0.2) is 0 Å². The third-order valence-electron chi connectivity index (χ3n) is 1.88. The molecule has 0 bridgehead atoms. The number of hydrogen-bond donors (Lipinski definition) is 1. The first-order valence-electron chi connectivity index (χ1n) is 4.74. The molecular weight excluding hydrogens is 202 g/mol. The molecule has 0 aliphatic heterocycles. The van der Waals surface area contributed by atoms with E-state index in [4.69, 9.17) is 4.74 Å². The van der Waals surface area contributed by atoms with Crippen LogP contribution in [0.4, 0.5) is 0 Å². The molecule has 0 aliphatic rings. The van der Waals surface area contributed by atoms with Crippen molar-refractivity contribution in [3.8, 4) is 0 Å². The number of rotatable bonds is 7. The lowest BCUT2D eigenvalue weighted by Crippen LogP contribution is -2.30. The van der Waals surface area contributed by atoms with E-state index in [-0.39, 0.29) is 17.8 Å². The van der Waals surface area contributed by atoms with Crippen molar-refractivity contribution in [2.24, 2.45) is 0 Å². The lowest BCUT2D eigenvalue weighted by Gasteiger charge is -2.09. The van der Waals surface area contributed by atoms with Gasteiger partial charge in [-0.15, -0.1) is 0 Å². The van der Waals surface area contributed by atoms with E-state index in [0.717, 1.165) is 6.42 Å². The molecule has 0 radical (unpaired) electrons. The number of carbonyl (C=O) groups is 1. The van der Waals surface area contributed by atoms with E-state index < -0.39 is 10.8 Å². The molecular formula is C9H19NO3S. The summed E-state index contributed by atoms with van der Waals surface area (Å²) >= 11 is 0. The molecule has 0 saturated heterocycles. The van der Waals surface area contributed by atoms with Crippen LogP contribution < -0.4 is 5.32 Å². The van der Waals surface area contributed by atoms with E-state index in [2.05, 4.69) is 5.32 Å². The number of amides is 1. The second-order valence-electron chi connectivity index (χ2n) is 3.08. The maximum absolute atomic E-state index is 11.0. The number of hydrogen-bond acceptors (Lipinski definition) is 3. The van der Waals surface area contributed by atoms with Gasteiger partial charge in [0.15, 0.2) is 0 Å². The predicted molar refractivity (Wildman–Crippen MR) is 57.6 cm³/mol. The minimum absolute atomic E-state index is 0.110. The molecule has 0 saturated carbocycles. The van der Waals surface area contributed by atoms with Crippen molar-refractivity contribution in [3.63, 3.8) is 0 Å². The largest absolute Gasteiger partial charge is 0.372 e. The Morgan fingerprint density at radius 2 is 2.21 bits per heavy atom. The quantitative estimate of drug-likeness (QED) is 0.672. The van der Waals surface area contributed by atoms with Gasteiger partial charge in [-0.3, -0.25) is 9.00 Å². The topological polar surface area (TPSA) is 55.4 Å². The minimum Gasteiger partial charge on any atom is -0.372 e. The maximum Gasteiger partial charge on any atom is 0.245 e. The van der Waals surface area contributed by atoms with Crippen LogP contribution in [0.5, 0.6) is 0 Å². The van der Waals surface area contributed by atoms with Crippen LogP contribution >= 0.6 is 0 Å². The van der Waals surface area contributed by atoms with Gasteiger partial charge in [0, 0.05) is 35.5 Å². The summed E-state index contributed by atoms with van der Waals surface area (Å²) in [6.07, 6.45) is 2.41. The predicted octanol–water partition coefficient (Wildman–Crippen LogP) is 0.296. The summed E-state index contributed by atoms with van der Waals surface area (Å²) in [4.78, 5) is 11.0. The number of carbonyl (C=O) groups excluding carboxylic acids is 1. The Bertz CT molecular complexity index is 196. The van der Waals surface area contributed by atoms with Crippen molar-refractivity contribution in [1.29, 1.82) is 0 Å². The molecule has 5 heteroatoms. The van der Waals surface area contributed by atoms with Crippen molar-refractivity contribution in [2.45, 2.75) is 25.5 Å². The van der Waals surface area contributed by atoms with Gasteiger partial charge in [-0.25, -0.2) is 0 Å². The fourth-order valence-corrected chi connectivity index (χ4v) is 1.28. The monoisotopic (exact) mass is 221 g/mol. The SMILES string of the molecule is CCOCC(=O)NCCC(C)S(C)=O. The zero-order valence-electron chi connectivity index (χ0n) is 9.04. The summed E-state index contributed by atoms with van der Waals surface area (Å²) in [6.45, 7) is 4.97. The smallest absolute Gasteiger partial charge is 0.245 e. The van der Waals surface area contributed by atoms with E-state index in [1.807, 2.05) is 13.8 Å². The van der Waals surface area contributed by atoms with Crippen LogP contribution in [-0.2, 0) is 20.3 Å². The zero-order valence-corrected chi connectivity index (χ0v) is 9.86. The summed E-state index contributed by atoms with van der Waals surface area (Å²) < 4.78 is 15.9. The van der Waals surface area contributed by atoms with Gasteiger partial charge in [0.25, 0.3) is 0 Å². The molecule has 0 aromatic heterocycles. The molecule has 0 aromatic rings. The molecule has 1 amide bonds. The molecule has 0 aromatic carbocycles. The second kappa shape index (κ2) is 7.94. The van der Waals surface area contributed by atoms with Crippen LogP contribution in [0.1, 0.15) is 20.3 Å². The summed E-state index contributed by atoms with van der Waals surface area (Å²) in [5, 5.41) is 2.83. The first-order valence-corrected chi connectivity index (χ1v) is 6.36. The van der Waals surface area contributed by atoms with E-state index in [0.29, 0.717) is 13.2 Å². The average molecular weight is 221 g/mol. The van der Waals surface area contributed by atoms with Gasteiger partial charge in [-0.2, -0.15) is 0 Å². The van der Waals surface area contributed by atoms with Crippen LogP contribution in [0.25, 0.3) is 0 Å². The average Bonchev–Trinajstić information content (AvgIpc) is 2.14. The van der Waals surface area contributed by atoms with Crippen molar-refractivity contribution >= 4 is 16.7 Å². The van der Waals surface area contributed by atoms with Crippen LogP contribution in [0.2, 0.25) is 0 Å².